The van der Waals surface area contributed by atoms with Gasteiger partial charge in [-0.2, -0.15) is 0 Å². The first kappa shape index (κ1) is 18.5. The largest absolute Gasteiger partial charge is 0.486 e. The number of rotatable bonds is 4. The molecule has 2 aromatic rings. The number of carbonyl (C=O) groups is 1. The molecule has 0 saturated carbocycles. The van der Waals surface area contributed by atoms with Crippen LogP contribution in [0.4, 0.5) is 0 Å². The van der Waals surface area contributed by atoms with Crippen molar-refractivity contribution in [2.45, 2.75) is 17.9 Å². The summed E-state index contributed by atoms with van der Waals surface area (Å²) in [6.45, 7) is 2.63. The average Bonchev–Trinajstić information content (AvgIpc) is 2.61. The Bertz CT molecular complexity index is 941. The van der Waals surface area contributed by atoms with Gasteiger partial charge in [0, 0.05) is 11.8 Å². The molecule has 1 atom stereocenters. The predicted molar refractivity (Wildman–Crippen MR) is 97.9 cm³/mol. The first-order valence-electron chi connectivity index (χ1n) is 7.96. The molecule has 0 aliphatic carbocycles. The predicted octanol–water partition coefficient (Wildman–Crippen LogP) is 3.01. The fourth-order valence-corrected chi connectivity index (χ4v) is 3.50. The van der Waals surface area contributed by atoms with Gasteiger partial charge in [-0.15, -0.1) is 0 Å². The number of hydrogen-bond donors (Lipinski definition) is 1. The first-order valence-corrected chi connectivity index (χ1v) is 10.2. The molecule has 1 aliphatic rings. The lowest BCUT2D eigenvalue weighted by Crippen LogP contribution is -2.27. The first-order chi connectivity index (χ1) is 12.3. The molecule has 1 aliphatic heterocycles. The molecule has 1 heterocycles. The van der Waals surface area contributed by atoms with E-state index in [0.717, 1.165) is 11.8 Å². The van der Waals surface area contributed by atoms with Crippen molar-refractivity contribution in [3.8, 4) is 11.5 Å². The van der Waals surface area contributed by atoms with E-state index >= 15 is 0 Å². The summed E-state index contributed by atoms with van der Waals surface area (Å²) in [5, 5.41) is 3.18. The Morgan fingerprint density at radius 1 is 1.15 bits per heavy atom. The van der Waals surface area contributed by atoms with Gasteiger partial charge in [0.1, 0.15) is 13.2 Å². The zero-order chi connectivity index (χ0) is 18.9. The summed E-state index contributed by atoms with van der Waals surface area (Å²) in [4.78, 5) is 12.8. The van der Waals surface area contributed by atoms with Crippen LogP contribution in [0.3, 0.4) is 0 Å². The summed E-state index contributed by atoms with van der Waals surface area (Å²) in [5.41, 5.74) is 1.15. The average molecular weight is 396 g/mol. The van der Waals surface area contributed by atoms with Crippen molar-refractivity contribution < 1.29 is 22.7 Å². The van der Waals surface area contributed by atoms with E-state index in [-0.39, 0.29) is 16.8 Å². The molecule has 6 nitrogen and oxygen atoms in total. The fourth-order valence-electron chi connectivity index (χ4n) is 2.61. The lowest BCUT2D eigenvalue weighted by atomic mass is 10.1. The SMILES string of the molecule is CC(NC(=O)c1cc(Cl)c2c(c1)OCCO2)c1ccc(S(C)(=O)=O)cc1. The Kier molecular flexibility index (Phi) is 5.11. The molecule has 0 radical (unpaired) electrons. The third-order valence-electron chi connectivity index (χ3n) is 4.01. The number of amides is 1. The van der Waals surface area contributed by atoms with E-state index in [1.165, 1.54) is 18.2 Å². The van der Waals surface area contributed by atoms with Gasteiger partial charge in [0.05, 0.1) is 16.0 Å². The maximum Gasteiger partial charge on any atom is 0.251 e. The van der Waals surface area contributed by atoms with Gasteiger partial charge < -0.3 is 14.8 Å². The minimum Gasteiger partial charge on any atom is -0.486 e. The van der Waals surface area contributed by atoms with Crippen LogP contribution in [0.2, 0.25) is 5.02 Å². The van der Waals surface area contributed by atoms with Crippen molar-refractivity contribution >= 4 is 27.3 Å². The molecule has 0 aromatic heterocycles. The van der Waals surface area contributed by atoms with E-state index in [0.29, 0.717) is 35.3 Å². The van der Waals surface area contributed by atoms with Crippen LogP contribution in [0.15, 0.2) is 41.3 Å². The van der Waals surface area contributed by atoms with Gasteiger partial charge in [-0.1, -0.05) is 23.7 Å². The molecule has 0 bridgehead atoms. The number of ether oxygens (including phenoxy) is 2. The number of fused-ring (bicyclic) bond motifs is 1. The van der Waals surface area contributed by atoms with Crippen molar-refractivity contribution in [3.63, 3.8) is 0 Å². The van der Waals surface area contributed by atoms with E-state index in [4.69, 9.17) is 21.1 Å². The monoisotopic (exact) mass is 395 g/mol. The fraction of sp³-hybridized carbons (Fsp3) is 0.278. The molecule has 8 heteroatoms. The highest BCUT2D eigenvalue weighted by Gasteiger charge is 2.20. The standard InChI is InChI=1S/C18H18ClNO5S/c1-11(12-3-5-14(6-4-12)26(2,22)23)20-18(21)13-9-15(19)17-16(10-13)24-7-8-25-17/h3-6,9-11H,7-8H2,1-2H3,(H,20,21). The lowest BCUT2D eigenvalue weighted by molar-refractivity contribution is 0.0938. The summed E-state index contributed by atoms with van der Waals surface area (Å²) in [7, 11) is -3.25. The summed E-state index contributed by atoms with van der Waals surface area (Å²) < 4.78 is 34.0. The highest BCUT2D eigenvalue weighted by atomic mass is 35.5. The van der Waals surface area contributed by atoms with E-state index in [1.54, 1.807) is 18.2 Å². The summed E-state index contributed by atoms with van der Waals surface area (Å²) in [6, 6.07) is 9.21. The number of carbonyl (C=O) groups excluding carboxylic acids is 1. The topological polar surface area (TPSA) is 81.7 Å². The molecule has 1 unspecified atom stereocenters. The Morgan fingerprint density at radius 2 is 1.81 bits per heavy atom. The van der Waals surface area contributed by atoms with Crippen LogP contribution in [0.25, 0.3) is 0 Å². The molecule has 0 saturated heterocycles. The molecule has 26 heavy (non-hydrogen) atoms. The minimum absolute atomic E-state index is 0.235. The van der Waals surface area contributed by atoms with Gasteiger partial charge in [-0.05, 0) is 36.8 Å². The number of hydrogen-bond acceptors (Lipinski definition) is 5. The van der Waals surface area contributed by atoms with Crippen molar-refractivity contribution in [1.29, 1.82) is 0 Å². The number of halogens is 1. The van der Waals surface area contributed by atoms with Gasteiger partial charge in [0.15, 0.2) is 21.3 Å². The summed E-state index contributed by atoms with van der Waals surface area (Å²) in [5.74, 6) is 0.571. The molecule has 138 valence electrons. The second kappa shape index (κ2) is 7.17. The van der Waals surface area contributed by atoms with Gasteiger partial charge in [-0.3, -0.25) is 4.79 Å². The normalized spacial score (nSPS) is 14.6. The van der Waals surface area contributed by atoms with Crippen LogP contribution in [0, 0.1) is 0 Å². The van der Waals surface area contributed by atoms with Gasteiger partial charge in [-0.25, -0.2) is 8.42 Å². The number of nitrogens with one attached hydrogen (secondary N) is 1. The van der Waals surface area contributed by atoms with E-state index in [1.807, 2.05) is 6.92 Å². The highest BCUT2D eigenvalue weighted by Crippen LogP contribution is 2.38. The van der Waals surface area contributed by atoms with Gasteiger partial charge >= 0.3 is 0 Å². The molecular weight excluding hydrogens is 378 g/mol. The Hall–Kier alpha value is -2.25. The third kappa shape index (κ3) is 3.94. The van der Waals surface area contributed by atoms with Crippen LogP contribution in [-0.2, 0) is 9.84 Å². The second-order valence-electron chi connectivity index (χ2n) is 6.02. The molecule has 3 rings (SSSR count). The van der Waals surface area contributed by atoms with Crippen molar-refractivity contribution in [2.24, 2.45) is 0 Å². The second-order valence-corrected chi connectivity index (χ2v) is 8.44. The highest BCUT2D eigenvalue weighted by molar-refractivity contribution is 7.90. The number of benzene rings is 2. The molecule has 0 fully saturated rings. The Balaban J connectivity index is 1.76. The smallest absolute Gasteiger partial charge is 0.251 e. The summed E-state index contributed by atoms with van der Waals surface area (Å²) in [6.07, 6.45) is 1.15. The van der Waals surface area contributed by atoms with Crippen LogP contribution in [0.1, 0.15) is 28.9 Å². The van der Waals surface area contributed by atoms with Gasteiger partial charge in [0.25, 0.3) is 5.91 Å². The van der Waals surface area contributed by atoms with E-state index in [2.05, 4.69) is 5.32 Å². The quantitative estimate of drug-likeness (QED) is 0.860. The Labute approximate surface area is 157 Å². The van der Waals surface area contributed by atoms with E-state index < -0.39 is 9.84 Å². The third-order valence-corrected chi connectivity index (χ3v) is 5.42. The molecule has 2 aromatic carbocycles. The zero-order valence-corrected chi connectivity index (χ0v) is 15.9. The van der Waals surface area contributed by atoms with Crippen molar-refractivity contribution in [1.82, 2.24) is 5.32 Å². The van der Waals surface area contributed by atoms with Crippen molar-refractivity contribution in [3.05, 3.63) is 52.5 Å². The maximum absolute atomic E-state index is 12.5. The van der Waals surface area contributed by atoms with E-state index in [9.17, 15) is 13.2 Å². The number of sulfone groups is 1. The zero-order valence-electron chi connectivity index (χ0n) is 14.3. The molecular formula is C18H18ClNO5S. The molecule has 0 spiro atoms. The van der Waals surface area contributed by atoms with Crippen LogP contribution < -0.4 is 14.8 Å². The molecule has 1 amide bonds. The van der Waals surface area contributed by atoms with Gasteiger partial charge in [0.2, 0.25) is 0 Å². The Morgan fingerprint density at radius 3 is 2.46 bits per heavy atom. The van der Waals surface area contributed by atoms with Crippen LogP contribution in [0.5, 0.6) is 11.5 Å². The molecule has 1 N–H and O–H groups in total. The maximum atomic E-state index is 12.5. The van der Waals surface area contributed by atoms with Crippen molar-refractivity contribution in [2.75, 3.05) is 19.5 Å². The lowest BCUT2D eigenvalue weighted by Gasteiger charge is -2.21. The summed E-state index contributed by atoms with van der Waals surface area (Å²) >= 11 is 6.16. The van der Waals surface area contributed by atoms with Crippen LogP contribution in [-0.4, -0.2) is 33.8 Å². The van der Waals surface area contributed by atoms with Crippen LogP contribution >= 0.6 is 11.6 Å². The minimum atomic E-state index is -3.25.